The van der Waals surface area contributed by atoms with Gasteiger partial charge in [-0.25, -0.2) is 0 Å². The van der Waals surface area contributed by atoms with Crippen LogP contribution in [0.5, 0.6) is 0 Å². The third kappa shape index (κ3) is 4.36. The Labute approximate surface area is 81.3 Å². The maximum Gasteiger partial charge on any atom is 0.252 e. The second-order valence-corrected chi connectivity index (χ2v) is 2.88. The van der Waals surface area contributed by atoms with Gasteiger partial charge in [-0.3, -0.25) is 19.7 Å². The summed E-state index contributed by atoms with van der Waals surface area (Å²) in [6, 6.07) is -1.10. The van der Waals surface area contributed by atoms with E-state index in [1.54, 1.807) is 0 Å². The molecule has 3 amide bonds. The fraction of sp³-hybridized carbons (Fsp3) is 0.375. The molecule has 6 nitrogen and oxygen atoms in total. The molecule has 0 radical (unpaired) electrons. The van der Waals surface area contributed by atoms with Crippen LogP contribution in [0.15, 0.2) is 12.2 Å². The second-order valence-electron chi connectivity index (χ2n) is 2.88. The first-order valence-corrected chi connectivity index (χ1v) is 3.89. The molecule has 0 aromatic rings. The normalized spacial score (nSPS) is 11.6. The SMILES string of the molecule is C=C(C)C(=O)NC(=O)C(N)CC(N)=O. The molecule has 0 bridgehead atoms. The molecule has 0 rings (SSSR count). The number of nitrogens with two attached hydrogens (primary N) is 2. The van der Waals surface area contributed by atoms with Gasteiger partial charge in [0.25, 0.3) is 5.91 Å². The molecule has 0 fully saturated rings. The monoisotopic (exact) mass is 199 g/mol. The molecule has 0 aliphatic rings. The number of rotatable bonds is 4. The highest BCUT2D eigenvalue weighted by molar-refractivity contribution is 6.05. The molecule has 1 atom stereocenters. The zero-order valence-corrected chi connectivity index (χ0v) is 7.87. The lowest BCUT2D eigenvalue weighted by Gasteiger charge is -2.08. The lowest BCUT2D eigenvalue weighted by atomic mass is 10.2. The van der Waals surface area contributed by atoms with E-state index in [1.807, 2.05) is 5.32 Å². The Morgan fingerprint density at radius 2 is 1.93 bits per heavy atom. The van der Waals surface area contributed by atoms with Crippen molar-refractivity contribution in [2.24, 2.45) is 11.5 Å². The molecular formula is C8H13N3O3. The van der Waals surface area contributed by atoms with Crippen LogP contribution in [-0.2, 0) is 14.4 Å². The minimum atomic E-state index is -1.10. The van der Waals surface area contributed by atoms with Gasteiger partial charge in [0.05, 0.1) is 12.5 Å². The molecule has 78 valence electrons. The molecular weight excluding hydrogens is 186 g/mol. The third-order valence-corrected chi connectivity index (χ3v) is 1.38. The maximum atomic E-state index is 11.1. The summed E-state index contributed by atoms with van der Waals surface area (Å²) < 4.78 is 0. The van der Waals surface area contributed by atoms with Crippen LogP contribution in [0.1, 0.15) is 13.3 Å². The van der Waals surface area contributed by atoms with Gasteiger partial charge in [-0.2, -0.15) is 0 Å². The van der Waals surface area contributed by atoms with Gasteiger partial charge >= 0.3 is 0 Å². The highest BCUT2D eigenvalue weighted by atomic mass is 16.2. The lowest BCUT2D eigenvalue weighted by molar-refractivity contribution is -0.131. The molecule has 0 heterocycles. The Hall–Kier alpha value is -1.69. The van der Waals surface area contributed by atoms with Crippen LogP contribution in [0.4, 0.5) is 0 Å². The number of primary amides is 1. The predicted molar refractivity (Wildman–Crippen MR) is 49.8 cm³/mol. The summed E-state index contributed by atoms with van der Waals surface area (Å²) in [5.41, 5.74) is 10.3. The van der Waals surface area contributed by atoms with Gasteiger partial charge in [0.15, 0.2) is 0 Å². The average molecular weight is 199 g/mol. The van der Waals surface area contributed by atoms with Crippen LogP contribution in [0, 0.1) is 0 Å². The second kappa shape index (κ2) is 5.13. The Morgan fingerprint density at radius 1 is 1.43 bits per heavy atom. The van der Waals surface area contributed by atoms with Gasteiger partial charge in [0.1, 0.15) is 0 Å². The van der Waals surface area contributed by atoms with Gasteiger partial charge in [-0.05, 0) is 6.92 Å². The van der Waals surface area contributed by atoms with E-state index in [4.69, 9.17) is 11.5 Å². The van der Waals surface area contributed by atoms with E-state index in [0.29, 0.717) is 0 Å². The minimum absolute atomic E-state index is 0.185. The summed E-state index contributed by atoms with van der Waals surface area (Å²) in [6.07, 6.45) is -0.296. The number of carbonyl (C=O) groups is 3. The molecule has 14 heavy (non-hydrogen) atoms. The highest BCUT2D eigenvalue weighted by Crippen LogP contribution is 1.90. The molecule has 0 saturated carbocycles. The quantitative estimate of drug-likeness (QED) is 0.473. The summed E-state index contributed by atoms with van der Waals surface area (Å²) in [7, 11) is 0. The summed E-state index contributed by atoms with van der Waals surface area (Å²) in [5, 5.41) is 1.97. The minimum Gasteiger partial charge on any atom is -0.370 e. The van der Waals surface area contributed by atoms with Crippen molar-refractivity contribution < 1.29 is 14.4 Å². The van der Waals surface area contributed by atoms with E-state index >= 15 is 0 Å². The molecule has 0 aromatic heterocycles. The van der Waals surface area contributed by atoms with E-state index < -0.39 is 23.8 Å². The van der Waals surface area contributed by atoms with Crippen LogP contribution in [0.2, 0.25) is 0 Å². The van der Waals surface area contributed by atoms with Crippen molar-refractivity contribution in [3.05, 3.63) is 12.2 Å². The van der Waals surface area contributed by atoms with Crippen molar-refractivity contribution >= 4 is 17.7 Å². The first-order chi connectivity index (χ1) is 6.34. The van der Waals surface area contributed by atoms with Crippen LogP contribution in [-0.4, -0.2) is 23.8 Å². The highest BCUT2D eigenvalue weighted by Gasteiger charge is 2.18. The number of carbonyl (C=O) groups excluding carboxylic acids is 3. The van der Waals surface area contributed by atoms with Gasteiger partial charge in [-0.15, -0.1) is 0 Å². The Bertz CT molecular complexity index is 286. The topological polar surface area (TPSA) is 115 Å². The Balaban J connectivity index is 4.14. The zero-order valence-electron chi connectivity index (χ0n) is 7.87. The van der Waals surface area contributed by atoms with Gasteiger partial charge in [0.2, 0.25) is 11.8 Å². The van der Waals surface area contributed by atoms with Gasteiger partial charge < -0.3 is 11.5 Å². The van der Waals surface area contributed by atoms with Crippen molar-refractivity contribution in [1.29, 1.82) is 0 Å². The number of amides is 3. The van der Waals surface area contributed by atoms with E-state index in [0.717, 1.165) is 0 Å². The molecule has 0 aliphatic carbocycles. The van der Waals surface area contributed by atoms with E-state index in [-0.39, 0.29) is 12.0 Å². The molecule has 5 N–H and O–H groups in total. The molecule has 1 unspecified atom stereocenters. The zero-order chi connectivity index (χ0) is 11.3. The number of nitrogens with one attached hydrogen (secondary N) is 1. The van der Waals surface area contributed by atoms with Crippen molar-refractivity contribution in [1.82, 2.24) is 5.32 Å². The lowest BCUT2D eigenvalue weighted by Crippen LogP contribution is -2.45. The van der Waals surface area contributed by atoms with E-state index in [2.05, 4.69) is 6.58 Å². The molecule has 6 heteroatoms. The standard InChI is InChI=1S/C8H13N3O3/c1-4(2)7(13)11-8(14)5(9)3-6(10)12/h5H,1,3,9H2,2H3,(H2,10,12)(H,11,13,14). The average Bonchev–Trinajstić information content (AvgIpc) is 2.02. The van der Waals surface area contributed by atoms with Crippen molar-refractivity contribution in [2.45, 2.75) is 19.4 Å². The first kappa shape index (κ1) is 12.3. The molecule has 0 aromatic carbocycles. The maximum absolute atomic E-state index is 11.1. The largest absolute Gasteiger partial charge is 0.370 e. The summed E-state index contributed by atoms with van der Waals surface area (Å²) >= 11 is 0. The van der Waals surface area contributed by atoms with E-state index in [9.17, 15) is 14.4 Å². The fourth-order valence-corrected chi connectivity index (χ4v) is 0.621. The molecule has 0 spiro atoms. The van der Waals surface area contributed by atoms with Crippen molar-refractivity contribution in [3.63, 3.8) is 0 Å². The summed E-state index contributed by atoms with van der Waals surface area (Å²) in [6.45, 7) is 4.78. The van der Waals surface area contributed by atoms with E-state index in [1.165, 1.54) is 6.92 Å². The van der Waals surface area contributed by atoms with Crippen molar-refractivity contribution in [3.8, 4) is 0 Å². The third-order valence-electron chi connectivity index (χ3n) is 1.38. The smallest absolute Gasteiger partial charge is 0.252 e. The van der Waals surface area contributed by atoms with Crippen LogP contribution in [0.3, 0.4) is 0 Å². The predicted octanol–water partition coefficient (Wildman–Crippen LogP) is -1.59. The van der Waals surface area contributed by atoms with Crippen molar-refractivity contribution in [2.75, 3.05) is 0 Å². The van der Waals surface area contributed by atoms with Gasteiger partial charge in [0, 0.05) is 5.57 Å². The van der Waals surface area contributed by atoms with Crippen LogP contribution < -0.4 is 16.8 Å². The van der Waals surface area contributed by atoms with Crippen LogP contribution in [0.25, 0.3) is 0 Å². The number of imide groups is 1. The molecule has 0 aliphatic heterocycles. The van der Waals surface area contributed by atoms with Crippen LogP contribution >= 0.6 is 0 Å². The van der Waals surface area contributed by atoms with Gasteiger partial charge in [-0.1, -0.05) is 6.58 Å². The Morgan fingerprint density at radius 3 is 2.29 bits per heavy atom. The molecule has 0 saturated heterocycles. The number of hydrogen-bond acceptors (Lipinski definition) is 4. The summed E-state index contributed by atoms with van der Waals surface area (Å²) in [5.74, 6) is -2.05. The first-order valence-electron chi connectivity index (χ1n) is 3.89. The fourth-order valence-electron chi connectivity index (χ4n) is 0.621. The Kier molecular flexibility index (Phi) is 4.51. The number of hydrogen-bond donors (Lipinski definition) is 3. The summed E-state index contributed by atoms with van der Waals surface area (Å²) in [4.78, 5) is 32.4.